The summed E-state index contributed by atoms with van der Waals surface area (Å²) in [5.41, 5.74) is 4.70. The number of benzene rings is 1. The van der Waals surface area contributed by atoms with Gasteiger partial charge in [0.25, 0.3) is 0 Å². The lowest BCUT2D eigenvalue weighted by molar-refractivity contribution is 0.432. The Morgan fingerprint density at radius 2 is 1.77 bits per heavy atom. The van der Waals surface area contributed by atoms with Crippen LogP contribution in [0.15, 0.2) is 47.5 Å². The van der Waals surface area contributed by atoms with Crippen LogP contribution in [0.3, 0.4) is 0 Å². The molecule has 0 saturated carbocycles. The van der Waals surface area contributed by atoms with E-state index >= 15 is 0 Å². The Labute approximate surface area is 149 Å². The summed E-state index contributed by atoms with van der Waals surface area (Å²) in [6, 6.07) is 6.59. The molecule has 4 aromatic rings. The molecule has 0 bridgehead atoms. The molecule has 0 amide bonds. The Balaban J connectivity index is 1.78. The highest BCUT2D eigenvalue weighted by Gasteiger charge is 2.16. The van der Waals surface area contributed by atoms with Crippen LogP contribution in [0.5, 0.6) is 11.6 Å². The summed E-state index contributed by atoms with van der Waals surface area (Å²) in [5.74, 6) is -0.0622. The van der Waals surface area contributed by atoms with Crippen LogP contribution in [0.25, 0.3) is 22.1 Å². The number of hydrogen-bond acceptors (Lipinski definition) is 5. The Morgan fingerprint density at radius 1 is 1.00 bits per heavy atom. The standard InChI is InChI=1S/C20H16FN3O2/c1-11-8-18(26-20-14-5-7-25-17(14)4-6-22-20)16(21)9-15(11)19-12(2)23-10-24-13(19)3/h4-10H,1-3H3. The van der Waals surface area contributed by atoms with E-state index in [1.807, 2.05) is 20.8 Å². The van der Waals surface area contributed by atoms with Crippen molar-refractivity contribution in [1.82, 2.24) is 15.0 Å². The number of fused-ring (bicyclic) bond motifs is 1. The van der Waals surface area contributed by atoms with Crippen molar-refractivity contribution in [3.63, 3.8) is 0 Å². The molecule has 0 saturated heterocycles. The second-order valence-electron chi connectivity index (χ2n) is 6.07. The molecule has 0 radical (unpaired) electrons. The van der Waals surface area contributed by atoms with Crippen molar-refractivity contribution in [2.24, 2.45) is 0 Å². The molecule has 0 unspecified atom stereocenters. The first-order valence-corrected chi connectivity index (χ1v) is 8.13. The van der Waals surface area contributed by atoms with Gasteiger partial charge in [-0.05, 0) is 56.2 Å². The molecular weight excluding hydrogens is 333 g/mol. The fourth-order valence-corrected chi connectivity index (χ4v) is 3.04. The summed E-state index contributed by atoms with van der Waals surface area (Å²) < 4.78 is 25.8. The first-order valence-electron chi connectivity index (χ1n) is 8.13. The minimum atomic E-state index is -0.476. The van der Waals surface area contributed by atoms with Gasteiger partial charge in [-0.2, -0.15) is 0 Å². The van der Waals surface area contributed by atoms with Crippen LogP contribution in [0.4, 0.5) is 4.39 Å². The third-order valence-electron chi connectivity index (χ3n) is 4.32. The van der Waals surface area contributed by atoms with Crippen molar-refractivity contribution < 1.29 is 13.5 Å². The summed E-state index contributed by atoms with van der Waals surface area (Å²) in [6.45, 7) is 5.67. The fraction of sp³-hybridized carbons (Fsp3) is 0.150. The number of rotatable bonds is 3. The molecule has 0 fully saturated rings. The Bertz CT molecular complexity index is 1100. The quantitative estimate of drug-likeness (QED) is 0.512. The average molecular weight is 349 g/mol. The molecule has 0 aliphatic rings. The van der Waals surface area contributed by atoms with E-state index in [9.17, 15) is 4.39 Å². The lowest BCUT2D eigenvalue weighted by Crippen LogP contribution is -1.99. The molecule has 3 aromatic heterocycles. The van der Waals surface area contributed by atoms with E-state index in [0.717, 1.165) is 28.1 Å². The van der Waals surface area contributed by atoms with Crippen LogP contribution >= 0.6 is 0 Å². The van der Waals surface area contributed by atoms with Gasteiger partial charge >= 0.3 is 0 Å². The van der Waals surface area contributed by atoms with Crippen LogP contribution in [0.2, 0.25) is 0 Å². The highest BCUT2D eigenvalue weighted by molar-refractivity contribution is 5.82. The van der Waals surface area contributed by atoms with Crippen LogP contribution in [0.1, 0.15) is 17.0 Å². The third kappa shape index (κ3) is 2.69. The topological polar surface area (TPSA) is 61.0 Å². The van der Waals surface area contributed by atoms with E-state index in [1.165, 1.54) is 12.4 Å². The maximum atomic E-state index is 14.8. The number of ether oxygens (including phenoxy) is 1. The molecule has 1 aromatic carbocycles. The predicted molar refractivity (Wildman–Crippen MR) is 95.7 cm³/mol. The van der Waals surface area contributed by atoms with Gasteiger partial charge in [0.2, 0.25) is 5.88 Å². The first kappa shape index (κ1) is 16.2. The summed E-state index contributed by atoms with van der Waals surface area (Å²) in [4.78, 5) is 12.6. The number of aryl methyl sites for hydroxylation is 3. The lowest BCUT2D eigenvalue weighted by Gasteiger charge is -2.14. The van der Waals surface area contributed by atoms with Gasteiger partial charge in [0.05, 0.1) is 11.6 Å². The monoisotopic (exact) mass is 349 g/mol. The van der Waals surface area contributed by atoms with Crippen molar-refractivity contribution in [1.29, 1.82) is 0 Å². The number of aromatic nitrogens is 3. The van der Waals surface area contributed by atoms with E-state index < -0.39 is 5.82 Å². The Hall–Kier alpha value is -3.28. The molecule has 0 aliphatic carbocycles. The summed E-state index contributed by atoms with van der Waals surface area (Å²) in [7, 11) is 0. The van der Waals surface area contributed by atoms with E-state index in [2.05, 4.69) is 15.0 Å². The number of pyridine rings is 1. The molecule has 130 valence electrons. The van der Waals surface area contributed by atoms with Crippen LogP contribution in [-0.4, -0.2) is 15.0 Å². The molecular formula is C20H16FN3O2. The van der Waals surface area contributed by atoms with Crippen molar-refractivity contribution in [3.8, 4) is 22.8 Å². The van der Waals surface area contributed by atoms with Gasteiger partial charge in [-0.1, -0.05) is 0 Å². The van der Waals surface area contributed by atoms with Crippen LogP contribution in [-0.2, 0) is 0 Å². The minimum absolute atomic E-state index is 0.111. The van der Waals surface area contributed by atoms with Gasteiger partial charge < -0.3 is 9.15 Å². The summed E-state index contributed by atoms with van der Waals surface area (Å²) in [6.07, 6.45) is 4.62. The second kappa shape index (κ2) is 6.22. The van der Waals surface area contributed by atoms with Crippen LogP contribution < -0.4 is 4.74 Å². The zero-order valence-electron chi connectivity index (χ0n) is 14.6. The number of hydrogen-bond donors (Lipinski definition) is 0. The molecule has 0 aliphatic heterocycles. The van der Waals surface area contributed by atoms with E-state index in [0.29, 0.717) is 16.8 Å². The molecule has 0 N–H and O–H groups in total. The second-order valence-corrected chi connectivity index (χ2v) is 6.07. The van der Waals surface area contributed by atoms with E-state index in [-0.39, 0.29) is 5.75 Å². The van der Waals surface area contributed by atoms with Gasteiger partial charge in [0, 0.05) is 23.1 Å². The molecule has 6 heteroatoms. The normalized spacial score (nSPS) is 11.1. The molecule has 0 atom stereocenters. The predicted octanol–water partition coefficient (Wildman–Crippen LogP) is 5.14. The zero-order valence-corrected chi connectivity index (χ0v) is 14.6. The first-order chi connectivity index (χ1) is 12.5. The van der Waals surface area contributed by atoms with Gasteiger partial charge in [-0.25, -0.2) is 19.3 Å². The van der Waals surface area contributed by atoms with Crippen molar-refractivity contribution in [2.75, 3.05) is 0 Å². The third-order valence-corrected chi connectivity index (χ3v) is 4.32. The van der Waals surface area contributed by atoms with Gasteiger partial charge in [0.15, 0.2) is 11.6 Å². The molecule has 4 rings (SSSR count). The fourth-order valence-electron chi connectivity index (χ4n) is 3.04. The number of nitrogens with zero attached hydrogens (tertiary/aromatic N) is 3. The highest BCUT2D eigenvalue weighted by atomic mass is 19.1. The molecule has 26 heavy (non-hydrogen) atoms. The molecule has 0 spiro atoms. The zero-order chi connectivity index (χ0) is 18.3. The molecule has 5 nitrogen and oxygen atoms in total. The van der Waals surface area contributed by atoms with Gasteiger partial charge in [-0.3, -0.25) is 0 Å². The van der Waals surface area contributed by atoms with Gasteiger partial charge in [0.1, 0.15) is 11.9 Å². The van der Waals surface area contributed by atoms with Crippen molar-refractivity contribution >= 4 is 11.0 Å². The SMILES string of the molecule is Cc1cc(Oc2nccc3occc23)c(F)cc1-c1c(C)ncnc1C. The minimum Gasteiger partial charge on any atom is -0.464 e. The smallest absolute Gasteiger partial charge is 0.230 e. The van der Waals surface area contributed by atoms with Crippen molar-refractivity contribution in [3.05, 3.63) is 65.8 Å². The van der Waals surface area contributed by atoms with Crippen molar-refractivity contribution in [2.45, 2.75) is 20.8 Å². The van der Waals surface area contributed by atoms with Crippen LogP contribution in [0, 0.1) is 26.6 Å². The lowest BCUT2D eigenvalue weighted by atomic mass is 9.97. The van der Waals surface area contributed by atoms with Gasteiger partial charge in [-0.15, -0.1) is 0 Å². The largest absolute Gasteiger partial charge is 0.464 e. The van der Waals surface area contributed by atoms with E-state index in [4.69, 9.17) is 9.15 Å². The summed E-state index contributed by atoms with van der Waals surface area (Å²) in [5, 5.41) is 0.691. The average Bonchev–Trinajstić information content (AvgIpc) is 3.08. The highest BCUT2D eigenvalue weighted by Crippen LogP contribution is 2.35. The summed E-state index contributed by atoms with van der Waals surface area (Å²) >= 11 is 0. The number of halogens is 1. The maximum Gasteiger partial charge on any atom is 0.230 e. The Morgan fingerprint density at radius 3 is 2.54 bits per heavy atom. The maximum absolute atomic E-state index is 14.8. The number of furan rings is 1. The van der Waals surface area contributed by atoms with E-state index in [1.54, 1.807) is 30.7 Å². The Kier molecular flexibility index (Phi) is 3.88. The molecule has 3 heterocycles.